The first kappa shape index (κ1) is 24.2. The summed E-state index contributed by atoms with van der Waals surface area (Å²) in [7, 11) is 0. The number of aromatic nitrogens is 2. The zero-order chi connectivity index (χ0) is 28.9. The summed E-state index contributed by atoms with van der Waals surface area (Å²) in [5, 5.41) is 3.61. The molecule has 5 aromatic carbocycles. The highest BCUT2D eigenvalue weighted by Crippen LogP contribution is 2.50. The van der Waals surface area contributed by atoms with Crippen LogP contribution in [0.5, 0.6) is 0 Å². The molecule has 4 nitrogen and oxygen atoms in total. The van der Waals surface area contributed by atoms with E-state index in [1.807, 2.05) is 54.9 Å². The van der Waals surface area contributed by atoms with Gasteiger partial charge in [0.25, 0.3) is 0 Å². The van der Waals surface area contributed by atoms with Crippen molar-refractivity contribution in [2.24, 2.45) is 0 Å². The average molecular weight is 555 g/mol. The lowest BCUT2D eigenvalue weighted by Gasteiger charge is -2.21. The Labute approximate surface area is 247 Å². The largest absolute Gasteiger partial charge is 0.456 e. The van der Waals surface area contributed by atoms with Gasteiger partial charge in [-0.2, -0.15) is 0 Å². The first-order chi connectivity index (χ1) is 21.0. The predicted molar refractivity (Wildman–Crippen MR) is 175 cm³/mol. The maximum absolute atomic E-state index is 13.0. The molecule has 0 N–H and O–H groups in total. The number of benzene rings is 5. The van der Waals surface area contributed by atoms with Crippen molar-refractivity contribution in [1.82, 2.24) is 9.55 Å². The Morgan fingerprint density at radius 3 is 2.28 bits per heavy atom. The molecule has 8 aromatic rings. The van der Waals surface area contributed by atoms with Gasteiger partial charge in [0.15, 0.2) is 0 Å². The van der Waals surface area contributed by atoms with E-state index in [0.717, 1.165) is 22.3 Å². The van der Waals surface area contributed by atoms with Crippen molar-refractivity contribution in [2.45, 2.75) is 19.3 Å². The van der Waals surface area contributed by atoms with Gasteiger partial charge in [-0.15, -0.1) is 0 Å². The summed E-state index contributed by atoms with van der Waals surface area (Å²) in [6.45, 7) is 4.64. The van der Waals surface area contributed by atoms with E-state index >= 15 is 0 Å². The summed E-state index contributed by atoms with van der Waals surface area (Å²) in [6.07, 6.45) is 3.84. The molecule has 0 fully saturated rings. The van der Waals surface area contributed by atoms with Crippen LogP contribution in [0.2, 0.25) is 0 Å². The minimum absolute atomic E-state index is 0.00326. The van der Waals surface area contributed by atoms with Gasteiger partial charge >= 0.3 is 0 Å². The topological polar surface area (TPSA) is 48.0 Å². The zero-order valence-corrected chi connectivity index (χ0v) is 23.8. The molecule has 0 spiro atoms. The summed E-state index contributed by atoms with van der Waals surface area (Å²) in [6, 6.07) is 37.5. The van der Waals surface area contributed by atoms with E-state index in [2.05, 4.69) is 90.1 Å². The fraction of sp³-hybridized carbons (Fsp3) is 0.0769. The van der Waals surface area contributed by atoms with E-state index in [4.69, 9.17) is 4.42 Å². The van der Waals surface area contributed by atoms with Gasteiger partial charge in [-0.1, -0.05) is 68.4 Å². The highest BCUT2D eigenvalue weighted by Gasteiger charge is 2.36. The van der Waals surface area contributed by atoms with Gasteiger partial charge in [-0.3, -0.25) is 9.78 Å². The number of fused-ring (bicyclic) bond motifs is 8. The van der Waals surface area contributed by atoms with Crippen molar-refractivity contribution >= 4 is 43.7 Å². The third-order valence-corrected chi connectivity index (χ3v) is 9.31. The molecule has 3 heterocycles. The number of rotatable bonds is 2. The SMILES string of the molecule is CC1(C)c2ccccc2-c2cc3c4ccncc4n(-c4ccc(-c5ccc6c(=O)c7ccccc7oc6c5)cc4)c3cc21. The van der Waals surface area contributed by atoms with Gasteiger partial charge in [0.2, 0.25) is 5.43 Å². The van der Waals surface area contributed by atoms with Crippen LogP contribution in [-0.4, -0.2) is 9.55 Å². The highest BCUT2D eigenvalue weighted by atomic mass is 16.3. The molecule has 0 bridgehead atoms. The molecular weight excluding hydrogens is 528 g/mol. The quantitative estimate of drug-likeness (QED) is 0.200. The van der Waals surface area contributed by atoms with Crippen LogP contribution < -0.4 is 5.43 Å². The summed E-state index contributed by atoms with van der Waals surface area (Å²) >= 11 is 0. The van der Waals surface area contributed by atoms with Crippen LogP contribution in [0, 0.1) is 0 Å². The number of hydrogen-bond acceptors (Lipinski definition) is 3. The summed E-state index contributed by atoms with van der Waals surface area (Å²) < 4.78 is 8.46. The van der Waals surface area contributed by atoms with Gasteiger partial charge in [-0.05, 0) is 88.0 Å². The van der Waals surface area contributed by atoms with Gasteiger partial charge in [0.05, 0.1) is 28.0 Å². The molecule has 43 heavy (non-hydrogen) atoms. The molecule has 204 valence electrons. The fourth-order valence-corrected chi connectivity index (χ4v) is 7.12. The van der Waals surface area contributed by atoms with Crippen LogP contribution in [0.3, 0.4) is 0 Å². The summed E-state index contributed by atoms with van der Waals surface area (Å²) in [5.41, 5.74) is 11.9. The van der Waals surface area contributed by atoms with Crippen LogP contribution in [0.25, 0.3) is 71.7 Å². The lowest BCUT2D eigenvalue weighted by atomic mass is 9.82. The summed E-state index contributed by atoms with van der Waals surface area (Å²) in [4.78, 5) is 17.5. The second-order valence-electron chi connectivity index (χ2n) is 12.0. The van der Waals surface area contributed by atoms with Gasteiger partial charge < -0.3 is 8.98 Å². The molecule has 0 atom stereocenters. The monoisotopic (exact) mass is 554 g/mol. The van der Waals surface area contributed by atoms with Crippen LogP contribution in [0.1, 0.15) is 25.0 Å². The molecule has 0 saturated heterocycles. The van der Waals surface area contributed by atoms with Crippen molar-refractivity contribution in [2.75, 3.05) is 0 Å². The van der Waals surface area contributed by atoms with Crippen molar-refractivity contribution in [1.29, 1.82) is 0 Å². The van der Waals surface area contributed by atoms with Crippen LogP contribution in [0.4, 0.5) is 0 Å². The minimum Gasteiger partial charge on any atom is -0.456 e. The first-order valence-corrected chi connectivity index (χ1v) is 14.6. The van der Waals surface area contributed by atoms with Crippen molar-refractivity contribution < 1.29 is 4.42 Å². The second-order valence-corrected chi connectivity index (χ2v) is 12.0. The Balaban J connectivity index is 1.20. The van der Waals surface area contributed by atoms with E-state index < -0.39 is 0 Å². The molecule has 1 aliphatic carbocycles. The second kappa shape index (κ2) is 8.52. The fourth-order valence-electron chi connectivity index (χ4n) is 7.12. The lowest BCUT2D eigenvalue weighted by molar-refractivity contribution is 0.660. The molecule has 0 aliphatic heterocycles. The molecule has 0 saturated carbocycles. The van der Waals surface area contributed by atoms with E-state index in [1.165, 1.54) is 38.5 Å². The number of para-hydroxylation sites is 1. The van der Waals surface area contributed by atoms with Gasteiger partial charge in [0, 0.05) is 28.1 Å². The Kier molecular flexibility index (Phi) is 4.79. The van der Waals surface area contributed by atoms with Crippen molar-refractivity contribution in [3.63, 3.8) is 0 Å². The Bertz CT molecular complexity index is 2500. The van der Waals surface area contributed by atoms with Crippen LogP contribution in [0.15, 0.2) is 131 Å². The highest BCUT2D eigenvalue weighted by molar-refractivity contribution is 6.11. The number of hydrogen-bond donors (Lipinski definition) is 0. The molecule has 3 aromatic heterocycles. The van der Waals surface area contributed by atoms with E-state index in [-0.39, 0.29) is 10.8 Å². The molecule has 4 heteroatoms. The van der Waals surface area contributed by atoms with Crippen molar-refractivity contribution in [3.05, 3.63) is 143 Å². The summed E-state index contributed by atoms with van der Waals surface area (Å²) in [5.74, 6) is 0. The molecule has 0 radical (unpaired) electrons. The van der Waals surface area contributed by atoms with E-state index in [0.29, 0.717) is 21.9 Å². The Morgan fingerprint density at radius 2 is 1.40 bits per heavy atom. The smallest absolute Gasteiger partial charge is 0.200 e. The molecule has 1 aliphatic rings. The number of pyridine rings is 1. The minimum atomic E-state index is -0.0834. The Morgan fingerprint density at radius 1 is 0.628 bits per heavy atom. The van der Waals surface area contributed by atoms with E-state index in [1.54, 1.807) is 0 Å². The van der Waals surface area contributed by atoms with Crippen LogP contribution in [-0.2, 0) is 5.41 Å². The third-order valence-electron chi connectivity index (χ3n) is 9.31. The van der Waals surface area contributed by atoms with Crippen LogP contribution >= 0.6 is 0 Å². The predicted octanol–water partition coefficient (Wildman–Crippen LogP) is 9.41. The van der Waals surface area contributed by atoms with E-state index in [9.17, 15) is 4.79 Å². The maximum Gasteiger partial charge on any atom is 0.200 e. The lowest BCUT2D eigenvalue weighted by Crippen LogP contribution is -2.14. The zero-order valence-electron chi connectivity index (χ0n) is 23.8. The molecule has 0 amide bonds. The van der Waals surface area contributed by atoms with Crippen molar-refractivity contribution in [3.8, 4) is 27.9 Å². The average Bonchev–Trinajstić information content (AvgIpc) is 3.48. The molecular formula is C39H26N2O2. The molecule has 9 rings (SSSR count). The normalized spacial score (nSPS) is 13.6. The first-order valence-electron chi connectivity index (χ1n) is 14.6. The third kappa shape index (κ3) is 3.32. The van der Waals surface area contributed by atoms with Gasteiger partial charge in [-0.25, -0.2) is 0 Å². The Hall–Kier alpha value is -5.48. The molecule has 0 unspecified atom stereocenters. The number of nitrogens with zero attached hydrogens (tertiary/aromatic N) is 2. The maximum atomic E-state index is 13.0. The van der Waals surface area contributed by atoms with Gasteiger partial charge in [0.1, 0.15) is 11.2 Å². The standard InChI is InChI=1S/C39H26N2O2/c1-39(2)32-9-5-3-7-26(32)30-20-31-27-17-18-40-22-35(27)41(34(31)21-33(30)39)25-14-11-23(12-15-25)24-13-16-29-37(19-24)43-36-10-6-4-8-28(36)38(29)42/h3-22H,1-2H3.